The van der Waals surface area contributed by atoms with Crippen LogP contribution in [-0.2, 0) is 4.79 Å². The van der Waals surface area contributed by atoms with Crippen LogP contribution < -0.4 is 15.4 Å². The van der Waals surface area contributed by atoms with Crippen molar-refractivity contribution in [3.05, 3.63) is 23.8 Å². The number of methoxy groups -OCH3 is 1. The SMILES string of the molecule is COc1ccc(NC(=O)C2CCCNC2)c(C)c1. The van der Waals surface area contributed by atoms with Gasteiger partial charge in [-0.15, -0.1) is 0 Å². The van der Waals surface area contributed by atoms with E-state index in [2.05, 4.69) is 10.6 Å². The number of piperidine rings is 1. The van der Waals surface area contributed by atoms with Crippen LogP contribution in [0.1, 0.15) is 18.4 Å². The van der Waals surface area contributed by atoms with E-state index in [0.29, 0.717) is 0 Å². The summed E-state index contributed by atoms with van der Waals surface area (Å²) in [6, 6.07) is 5.68. The molecule has 1 aromatic carbocycles. The molecule has 2 rings (SSSR count). The quantitative estimate of drug-likeness (QED) is 0.859. The first-order valence-electron chi connectivity index (χ1n) is 6.37. The summed E-state index contributed by atoms with van der Waals surface area (Å²) in [7, 11) is 1.64. The average Bonchev–Trinajstić information content (AvgIpc) is 2.42. The molecule has 1 aliphatic rings. The lowest BCUT2D eigenvalue weighted by molar-refractivity contribution is -0.120. The first-order chi connectivity index (χ1) is 8.70. The van der Waals surface area contributed by atoms with E-state index in [0.717, 1.165) is 42.9 Å². The Hall–Kier alpha value is -1.55. The molecule has 1 aromatic rings. The van der Waals surface area contributed by atoms with Crippen molar-refractivity contribution < 1.29 is 9.53 Å². The van der Waals surface area contributed by atoms with Crippen molar-refractivity contribution in [1.29, 1.82) is 0 Å². The number of carbonyl (C=O) groups excluding carboxylic acids is 1. The van der Waals surface area contributed by atoms with Crippen molar-refractivity contribution in [2.24, 2.45) is 5.92 Å². The van der Waals surface area contributed by atoms with Crippen LogP contribution in [0.3, 0.4) is 0 Å². The van der Waals surface area contributed by atoms with Gasteiger partial charge in [-0.2, -0.15) is 0 Å². The maximum absolute atomic E-state index is 12.1. The van der Waals surface area contributed by atoms with Gasteiger partial charge in [0.2, 0.25) is 5.91 Å². The van der Waals surface area contributed by atoms with E-state index < -0.39 is 0 Å². The minimum Gasteiger partial charge on any atom is -0.497 e. The van der Waals surface area contributed by atoms with Crippen LogP contribution in [0.2, 0.25) is 0 Å². The molecule has 1 aliphatic heterocycles. The molecule has 0 spiro atoms. The van der Waals surface area contributed by atoms with Crippen LogP contribution in [0.4, 0.5) is 5.69 Å². The van der Waals surface area contributed by atoms with Gasteiger partial charge in [0.05, 0.1) is 13.0 Å². The summed E-state index contributed by atoms with van der Waals surface area (Å²) in [5.74, 6) is 1.00. The van der Waals surface area contributed by atoms with E-state index in [1.54, 1.807) is 7.11 Å². The molecule has 1 fully saturated rings. The van der Waals surface area contributed by atoms with Gasteiger partial charge in [-0.05, 0) is 50.1 Å². The fourth-order valence-corrected chi connectivity index (χ4v) is 2.21. The smallest absolute Gasteiger partial charge is 0.228 e. The minimum absolute atomic E-state index is 0.0836. The van der Waals surface area contributed by atoms with Crippen molar-refractivity contribution in [3.63, 3.8) is 0 Å². The second-order valence-corrected chi connectivity index (χ2v) is 4.71. The van der Waals surface area contributed by atoms with Crippen LogP contribution in [0, 0.1) is 12.8 Å². The number of hydrogen-bond acceptors (Lipinski definition) is 3. The standard InChI is InChI=1S/C14H20N2O2/c1-10-8-12(18-2)5-6-13(10)16-14(17)11-4-3-7-15-9-11/h5-6,8,11,15H,3-4,7,9H2,1-2H3,(H,16,17). The summed E-state index contributed by atoms with van der Waals surface area (Å²) in [6.07, 6.45) is 2.04. The highest BCUT2D eigenvalue weighted by Crippen LogP contribution is 2.22. The normalized spacial score (nSPS) is 19.3. The number of aryl methyl sites for hydroxylation is 1. The van der Waals surface area contributed by atoms with Gasteiger partial charge in [-0.25, -0.2) is 0 Å². The van der Waals surface area contributed by atoms with Gasteiger partial charge in [0, 0.05) is 12.2 Å². The van der Waals surface area contributed by atoms with Crippen molar-refractivity contribution in [1.82, 2.24) is 5.32 Å². The van der Waals surface area contributed by atoms with Crippen LogP contribution in [-0.4, -0.2) is 26.1 Å². The van der Waals surface area contributed by atoms with Crippen molar-refractivity contribution in [2.75, 3.05) is 25.5 Å². The minimum atomic E-state index is 0.0836. The predicted octanol–water partition coefficient (Wildman–Crippen LogP) is 1.94. The number of carbonyl (C=O) groups is 1. The van der Waals surface area contributed by atoms with Gasteiger partial charge in [-0.3, -0.25) is 4.79 Å². The molecule has 1 heterocycles. The molecule has 0 aliphatic carbocycles. The zero-order valence-corrected chi connectivity index (χ0v) is 11.0. The number of rotatable bonds is 3. The summed E-state index contributed by atoms with van der Waals surface area (Å²) in [5.41, 5.74) is 1.89. The molecule has 1 amide bonds. The van der Waals surface area contributed by atoms with E-state index in [4.69, 9.17) is 4.74 Å². The zero-order valence-electron chi connectivity index (χ0n) is 11.0. The summed E-state index contributed by atoms with van der Waals surface area (Å²) in [5, 5.41) is 6.25. The third kappa shape index (κ3) is 3.01. The lowest BCUT2D eigenvalue weighted by Gasteiger charge is -2.22. The van der Waals surface area contributed by atoms with E-state index >= 15 is 0 Å². The van der Waals surface area contributed by atoms with E-state index in [9.17, 15) is 4.79 Å². The molecular weight excluding hydrogens is 228 g/mol. The number of anilines is 1. The van der Waals surface area contributed by atoms with Gasteiger partial charge in [0.1, 0.15) is 5.75 Å². The molecule has 1 atom stereocenters. The van der Waals surface area contributed by atoms with Crippen LogP contribution >= 0.6 is 0 Å². The Kier molecular flexibility index (Phi) is 4.20. The highest BCUT2D eigenvalue weighted by atomic mass is 16.5. The molecule has 0 saturated carbocycles. The third-order valence-electron chi connectivity index (χ3n) is 3.36. The molecule has 1 unspecified atom stereocenters. The van der Waals surface area contributed by atoms with Gasteiger partial charge in [-0.1, -0.05) is 0 Å². The van der Waals surface area contributed by atoms with E-state index in [1.807, 2.05) is 25.1 Å². The second-order valence-electron chi connectivity index (χ2n) is 4.71. The first kappa shape index (κ1) is 12.9. The van der Waals surface area contributed by atoms with Crippen LogP contribution in [0.25, 0.3) is 0 Å². The predicted molar refractivity (Wildman–Crippen MR) is 72.0 cm³/mol. The third-order valence-corrected chi connectivity index (χ3v) is 3.36. The van der Waals surface area contributed by atoms with Crippen LogP contribution in [0.5, 0.6) is 5.75 Å². The van der Waals surface area contributed by atoms with Crippen molar-refractivity contribution in [3.8, 4) is 5.75 Å². The maximum atomic E-state index is 12.1. The topological polar surface area (TPSA) is 50.4 Å². The second kappa shape index (κ2) is 5.87. The highest BCUT2D eigenvalue weighted by molar-refractivity contribution is 5.93. The number of benzene rings is 1. The maximum Gasteiger partial charge on any atom is 0.228 e. The largest absolute Gasteiger partial charge is 0.497 e. The fourth-order valence-electron chi connectivity index (χ4n) is 2.21. The Morgan fingerprint density at radius 1 is 1.50 bits per heavy atom. The number of nitrogens with one attached hydrogen (secondary N) is 2. The fraction of sp³-hybridized carbons (Fsp3) is 0.500. The monoisotopic (exact) mass is 248 g/mol. The zero-order chi connectivity index (χ0) is 13.0. The number of hydrogen-bond donors (Lipinski definition) is 2. The summed E-state index contributed by atoms with van der Waals surface area (Å²) >= 11 is 0. The van der Waals surface area contributed by atoms with Crippen molar-refractivity contribution in [2.45, 2.75) is 19.8 Å². The Morgan fingerprint density at radius 2 is 2.33 bits per heavy atom. The average molecular weight is 248 g/mol. The Bertz CT molecular complexity index is 426. The molecule has 18 heavy (non-hydrogen) atoms. The molecule has 0 aromatic heterocycles. The molecule has 0 bridgehead atoms. The van der Waals surface area contributed by atoms with Gasteiger partial charge in [0.25, 0.3) is 0 Å². The molecule has 0 radical (unpaired) electrons. The Labute approximate surface area is 108 Å². The Balaban J connectivity index is 2.02. The molecule has 4 heteroatoms. The molecule has 2 N–H and O–H groups in total. The van der Waals surface area contributed by atoms with E-state index in [-0.39, 0.29) is 11.8 Å². The number of ether oxygens (including phenoxy) is 1. The van der Waals surface area contributed by atoms with Gasteiger partial charge < -0.3 is 15.4 Å². The van der Waals surface area contributed by atoms with Crippen molar-refractivity contribution >= 4 is 11.6 Å². The summed E-state index contributed by atoms with van der Waals surface area (Å²) in [4.78, 5) is 12.1. The summed E-state index contributed by atoms with van der Waals surface area (Å²) < 4.78 is 5.15. The highest BCUT2D eigenvalue weighted by Gasteiger charge is 2.21. The first-order valence-corrected chi connectivity index (χ1v) is 6.37. The van der Waals surface area contributed by atoms with Gasteiger partial charge >= 0.3 is 0 Å². The Morgan fingerprint density at radius 3 is 2.94 bits per heavy atom. The lowest BCUT2D eigenvalue weighted by Crippen LogP contribution is -2.37. The lowest BCUT2D eigenvalue weighted by atomic mass is 9.98. The van der Waals surface area contributed by atoms with Gasteiger partial charge in [0.15, 0.2) is 0 Å². The molecule has 98 valence electrons. The summed E-state index contributed by atoms with van der Waals surface area (Å²) in [6.45, 7) is 3.77. The number of amides is 1. The molecular formula is C14H20N2O2. The van der Waals surface area contributed by atoms with E-state index in [1.165, 1.54) is 0 Å². The molecule has 4 nitrogen and oxygen atoms in total. The molecule has 1 saturated heterocycles. The van der Waals surface area contributed by atoms with Crippen LogP contribution in [0.15, 0.2) is 18.2 Å².